The molecule has 2 aromatic carbocycles. The van der Waals surface area contributed by atoms with Crippen molar-refractivity contribution in [3.8, 4) is 0 Å². The van der Waals surface area contributed by atoms with Gasteiger partial charge in [-0.3, -0.25) is 0 Å². The average molecular weight is 296 g/mol. The van der Waals surface area contributed by atoms with Crippen molar-refractivity contribution in [1.29, 1.82) is 0 Å². The lowest BCUT2D eigenvalue weighted by Gasteiger charge is -2.10. The maximum Gasteiger partial charge on any atom is 0.117 e. The van der Waals surface area contributed by atoms with Crippen molar-refractivity contribution in [3.63, 3.8) is 0 Å². The first-order valence-electron chi connectivity index (χ1n) is 5.54. The molecule has 0 aromatic heterocycles. The van der Waals surface area contributed by atoms with Crippen LogP contribution in [0.25, 0.3) is 0 Å². The predicted octanol–water partition coefficient (Wildman–Crippen LogP) is 3.71. The Bertz CT molecular complexity index is 627. The minimum Gasteiger partial charge on any atom is -0.410 e. The molecule has 2 aromatic rings. The third-order valence-corrected chi connectivity index (χ3v) is 3.47. The summed E-state index contributed by atoms with van der Waals surface area (Å²) in [7, 11) is 0. The zero-order valence-electron chi connectivity index (χ0n) is 9.85. The van der Waals surface area contributed by atoms with E-state index in [0.717, 1.165) is 0 Å². The van der Waals surface area contributed by atoms with Gasteiger partial charge >= 0.3 is 0 Å². The van der Waals surface area contributed by atoms with Gasteiger partial charge < -0.3 is 10.3 Å². The van der Waals surface area contributed by atoms with Crippen LogP contribution in [0.3, 0.4) is 0 Å². The number of nitrogens with zero attached hydrogens (tertiary/aromatic N) is 1. The highest BCUT2D eigenvalue weighted by atomic mass is 35.5. The molecule has 0 heterocycles. The van der Waals surface area contributed by atoms with Crippen molar-refractivity contribution in [3.05, 3.63) is 69.2 Å². The van der Waals surface area contributed by atoms with Gasteiger partial charge in [0, 0.05) is 11.1 Å². The monoisotopic (exact) mass is 295 g/mol. The summed E-state index contributed by atoms with van der Waals surface area (Å²) < 4.78 is 0. The third-order valence-electron chi connectivity index (χ3n) is 2.74. The average Bonchev–Trinajstić information content (AvgIpc) is 2.44. The largest absolute Gasteiger partial charge is 0.410 e. The molecule has 0 atom stereocenters. The molecule has 0 saturated carbocycles. The Morgan fingerprint density at radius 3 is 2.42 bits per heavy atom. The summed E-state index contributed by atoms with van der Waals surface area (Å²) in [5.41, 5.74) is 2.27. The Kier molecular flexibility index (Phi) is 4.43. The predicted molar refractivity (Wildman–Crippen MR) is 76.3 cm³/mol. The third kappa shape index (κ3) is 2.89. The first kappa shape index (κ1) is 13.9. The summed E-state index contributed by atoms with van der Waals surface area (Å²) in [6.07, 6.45) is 0. The number of hydrogen-bond donors (Lipinski definition) is 2. The van der Waals surface area contributed by atoms with Crippen LogP contribution in [0.1, 0.15) is 16.7 Å². The smallest absolute Gasteiger partial charge is 0.117 e. The standard InChI is InChI=1S/C14H11Cl2NO2/c15-12-6-5-9(7-13(12)16)14(17-19)11-4-2-1-3-10(11)8-18/h1-7,18-19H,8H2. The van der Waals surface area contributed by atoms with Crippen LogP contribution in [0.2, 0.25) is 10.0 Å². The van der Waals surface area contributed by atoms with Crippen molar-refractivity contribution in [2.75, 3.05) is 0 Å². The molecule has 5 heteroatoms. The van der Waals surface area contributed by atoms with Crippen LogP contribution in [0.15, 0.2) is 47.6 Å². The van der Waals surface area contributed by atoms with Crippen molar-refractivity contribution in [1.82, 2.24) is 0 Å². The van der Waals surface area contributed by atoms with Gasteiger partial charge in [0.15, 0.2) is 0 Å². The molecule has 0 radical (unpaired) electrons. The Hall–Kier alpha value is -1.55. The molecule has 19 heavy (non-hydrogen) atoms. The highest BCUT2D eigenvalue weighted by Gasteiger charge is 2.13. The Balaban J connectivity index is 2.54. The molecule has 0 fully saturated rings. The molecule has 0 amide bonds. The van der Waals surface area contributed by atoms with Crippen LogP contribution in [0.5, 0.6) is 0 Å². The van der Waals surface area contributed by atoms with Gasteiger partial charge in [0.25, 0.3) is 0 Å². The zero-order chi connectivity index (χ0) is 13.8. The molecule has 3 nitrogen and oxygen atoms in total. The minimum absolute atomic E-state index is 0.142. The number of aliphatic hydroxyl groups excluding tert-OH is 1. The molecule has 98 valence electrons. The summed E-state index contributed by atoms with van der Waals surface area (Å²) in [5, 5.41) is 22.7. The normalized spacial score (nSPS) is 11.6. The summed E-state index contributed by atoms with van der Waals surface area (Å²) in [5.74, 6) is 0. The Labute approximate surface area is 120 Å². The van der Waals surface area contributed by atoms with E-state index in [1.54, 1.807) is 42.5 Å². The fourth-order valence-corrected chi connectivity index (χ4v) is 2.10. The minimum atomic E-state index is -0.142. The Morgan fingerprint density at radius 1 is 1.05 bits per heavy atom. The summed E-state index contributed by atoms with van der Waals surface area (Å²) >= 11 is 11.8. The molecule has 0 bridgehead atoms. The molecular formula is C14H11Cl2NO2. The second kappa shape index (κ2) is 6.06. The van der Waals surface area contributed by atoms with E-state index in [9.17, 15) is 10.3 Å². The van der Waals surface area contributed by atoms with Gasteiger partial charge in [-0.15, -0.1) is 0 Å². The second-order valence-corrected chi connectivity index (χ2v) is 4.71. The molecule has 0 unspecified atom stereocenters. The van der Waals surface area contributed by atoms with Crippen LogP contribution in [0, 0.1) is 0 Å². The van der Waals surface area contributed by atoms with Crippen molar-refractivity contribution >= 4 is 28.9 Å². The van der Waals surface area contributed by atoms with Crippen LogP contribution in [0.4, 0.5) is 0 Å². The van der Waals surface area contributed by atoms with E-state index >= 15 is 0 Å². The fourth-order valence-electron chi connectivity index (χ4n) is 1.80. The lowest BCUT2D eigenvalue weighted by atomic mass is 9.98. The number of hydrogen-bond acceptors (Lipinski definition) is 3. The highest BCUT2D eigenvalue weighted by molar-refractivity contribution is 6.42. The molecule has 0 aliphatic rings. The van der Waals surface area contributed by atoms with E-state index in [1.807, 2.05) is 0 Å². The Morgan fingerprint density at radius 2 is 1.79 bits per heavy atom. The SMILES string of the molecule is OCc1ccccc1C(=NO)c1ccc(Cl)c(Cl)c1. The van der Waals surface area contributed by atoms with Crippen molar-refractivity contribution in [2.24, 2.45) is 5.16 Å². The van der Waals surface area contributed by atoms with E-state index in [4.69, 9.17) is 23.2 Å². The van der Waals surface area contributed by atoms with E-state index < -0.39 is 0 Å². The molecular weight excluding hydrogens is 285 g/mol. The highest BCUT2D eigenvalue weighted by Crippen LogP contribution is 2.25. The molecule has 0 spiro atoms. The van der Waals surface area contributed by atoms with Gasteiger partial charge in [0.2, 0.25) is 0 Å². The summed E-state index contributed by atoms with van der Waals surface area (Å²) in [4.78, 5) is 0. The fraction of sp³-hybridized carbons (Fsp3) is 0.0714. The lowest BCUT2D eigenvalue weighted by Crippen LogP contribution is -2.07. The first-order chi connectivity index (χ1) is 9.17. The van der Waals surface area contributed by atoms with Gasteiger partial charge in [-0.1, -0.05) is 58.7 Å². The van der Waals surface area contributed by atoms with Crippen molar-refractivity contribution < 1.29 is 10.3 Å². The summed E-state index contributed by atoms with van der Waals surface area (Å²) in [6.45, 7) is -0.142. The van der Waals surface area contributed by atoms with Gasteiger partial charge in [-0.05, 0) is 17.7 Å². The zero-order valence-corrected chi connectivity index (χ0v) is 11.4. The maximum absolute atomic E-state index is 9.32. The summed E-state index contributed by atoms with van der Waals surface area (Å²) in [6, 6.07) is 12.1. The topological polar surface area (TPSA) is 52.8 Å². The number of aliphatic hydroxyl groups is 1. The van der Waals surface area contributed by atoms with Crippen LogP contribution in [-0.4, -0.2) is 16.0 Å². The second-order valence-electron chi connectivity index (χ2n) is 3.89. The number of oxime groups is 1. The van der Waals surface area contributed by atoms with Gasteiger partial charge in [-0.2, -0.15) is 0 Å². The lowest BCUT2D eigenvalue weighted by molar-refractivity contribution is 0.281. The molecule has 0 saturated heterocycles. The van der Waals surface area contributed by atoms with E-state index in [0.29, 0.717) is 32.4 Å². The number of rotatable bonds is 3. The molecule has 2 N–H and O–H groups in total. The molecule has 0 aliphatic heterocycles. The van der Waals surface area contributed by atoms with Crippen molar-refractivity contribution in [2.45, 2.75) is 6.61 Å². The molecule has 2 rings (SSSR count). The first-order valence-corrected chi connectivity index (χ1v) is 6.29. The van der Waals surface area contributed by atoms with Crippen LogP contribution in [-0.2, 0) is 6.61 Å². The quantitative estimate of drug-likeness (QED) is 0.515. The maximum atomic E-state index is 9.32. The number of benzene rings is 2. The van der Waals surface area contributed by atoms with E-state index in [1.165, 1.54) is 0 Å². The van der Waals surface area contributed by atoms with Crippen LogP contribution >= 0.6 is 23.2 Å². The van der Waals surface area contributed by atoms with Crippen LogP contribution < -0.4 is 0 Å². The number of halogens is 2. The van der Waals surface area contributed by atoms with E-state index in [2.05, 4.69) is 5.16 Å². The van der Waals surface area contributed by atoms with Gasteiger partial charge in [0.1, 0.15) is 5.71 Å². The van der Waals surface area contributed by atoms with Gasteiger partial charge in [-0.25, -0.2) is 0 Å². The van der Waals surface area contributed by atoms with Gasteiger partial charge in [0.05, 0.1) is 16.7 Å². The van der Waals surface area contributed by atoms with E-state index in [-0.39, 0.29) is 6.61 Å². The molecule has 0 aliphatic carbocycles.